The number of nitrogens with zero attached hydrogens (tertiary/aromatic N) is 1. The lowest BCUT2D eigenvalue weighted by Crippen LogP contribution is -2.39. The highest BCUT2D eigenvalue weighted by molar-refractivity contribution is 6.04. The number of fused-ring (bicyclic) bond motifs is 2. The van der Waals surface area contributed by atoms with Gasteiger partial charge in [0, 0.05) is 18.7 Å². The van der Waals surface area contributed by atoms with Crippen molar-refractivity contribution in [2.24, 2.45) is 11.8 Å². The first kappa shape index (κ1) is 22.0. The van der Waals surface area contributed by atoms with Crippen molar-refractivity contribution in [1.82, 2.24) is 4.90 Å². The summed E-state index contributed by atoms with van der Waals surface area (Å²) < 4.78 is 48.8. The summed E-state index contributed by atoms with van der Waals surface area (Å²) in [7, 11) is 0. The smallest absolute Gasteiger partial charge is 0.422 e. The van der Waals surface area contributed by atoms with Crippen LogP contribution in [0.2, 0.25) is 0 Å². The molecule has 30 heavy (non-hydrogen) atoms. The van der Waals surface area contributed by atoms with E-state index in [-0.39, 0.29) is 59.9 Å². The fraction of sp³-hybridized carbons (Fsp3) is 0.524. The lowest BCUT2D eigenvalue weighted by molar-refractivity contribution is -0.167. The SMILES string of the molecule is CC[C@H]1C(=O)C2=C(C=C1OCC(F)(F)F)OCC(C(C)C)N1C=C(C(=O)O)CC=C21. The molecule has 1 N–H and O–H groups in total. The van der Waals surface area contributed by atoms with Crippen LogP contribution in [-0.4, -0.2) is 47.2 Å². The molecule has 1 unspecified atom stereocenters. The molecule has 0 aromatic rings. The molecule has 3 aliphatic rings. The first-order valence-corrected chi connectivity index (χ1v) is 9.78. The normalized spacial score (nSPS) is 24.3. The monoisotopic (exact) mass is 427 g/mol. The average Bonchev–Trinajstić information content (AvgIpc) is 2.82. The van der Waals surface area contributed by atoms with E-state index in [4.69, 9.17) is 9.47 Å². The molecule has 2 heterocycles. The van der Waals surface area contributed by atoms with E-state index in [9.17, 15) is 27.9 Å². The number of rotatable bonds is 5. The summed E-state index contributed by atoms with van der Waals surface area (Å²) >= 11 is 0. The van der Waals surface area contributed by atoms with Crippen LogP contribution in [0, 0.1) is 11.8 Å². The number of carbonyl (C=O) groups is 2. The van der Waals surface area contributed by atoms with Gasteiger partial charge in [-0.25, -0.2) is 4.79 Å². The van der Waals surface area contributed by atoms with Gasteiger partial charge in [0.15, 0.2) is 12.4 Å². The lowest BCUT2D eigenvalue weighted by Gasteiger charge is -2.36. The van der Waals surface area contributed by atoms with Crippen LogP contribution in [0.5, 0.6) is 0 Å². The van der Waals surface area contributed by atoms with Crippen molar-refractivity contribution in [2.75, 3.05) is 13.2 Å². The second-order valence-corrected chi connectivity index (χ2v) is 7.80. The highest BCUT2D eigenvalue weighted by atomic mass is 19.4. The van der Waals surface area contributed by atoms with E-state index in [2.05, 4.69) is 0 Å². The lowest BCUT2D eigenvalue weighted by atomic mass is 9.85. The minimum absolute atomic E-state index is 0.0566. The van der Waals surface area contributed by atoms with Crippen LogP contribution in [0.4, 0.5) is 13.2 Å². The van der Waals surface area contributed by atoms with Crippen LogP contribution in [0.25, 0.3) is 0 Å². The minimum Gasteiger partial charge on any atom is -0.490 e. The Morgan fingerprint density at radius 1 is 1.40 bits per heavy atom. The van der Waals surface area contributed by atoms with Crippen molar-refractivity contribution in [3.8, 4) is 0 Å². The molecule has 1 aliphatic carbocycles. The third-order valence-electron chi connectivity index (χ3n) is 5.39. The van der Waals surface area contributed by atoms with E-state index in [1.807, 2.05) is 13.8 Å². The van der Waals surface area contributed by atoms with Gasteiger partial charge in [-0.05, 0) is 12.3 Å². The molecule has 0 radical (unpaired) electrons. The van der Waals surface area contributed by atoms with Crippen molar-refractivity contribution in [1.29, 1.82) is 0 Å². The van der Waals surface area contributed by atoms with Crippen LogP contribution >= 0.6 is 0 Å². The molecule has 0 fully saturated rings. The Bertz CT molecular complexity index is 866. The van der Waals surface area contributed by atoms with E-state index < -0.39 is 24.7 Å². The number of ketones is 1. The van der Waals surface area contributed by atoms with Gasteiger partial charge < -0.3 is 19.5 Å². The Kier molecular flexibility index (Phi) is 6.01. The highest BCUT2D eigenvalue weighted by Gasteiger charge is 2.42. The molecule has 0 saturated carbocycles. The predicted molar refractivity (Wildman–Crippen MR) is 101 cm³/mol. The number of hydrogen-bond acceptors (Lipinski definition) is 5. The molecular weight excluding hydrogens is 403 g/mol. The van der Waals surface area contributed by atoms with Crippen molar-refractivity contribution >= 4 is 11.8 Å². The quantitative estimate of drug-likeness (QED) is 0.717. The van der Waals surface area contributed by atoms with E-state index in [0.29, 0.717) is 5.70 Å². The molecule has 2 atom stereocenters. The van der Waals surface area contributed by atoms with Gasteiger partial charge in [0.1, 0.15) is 18.1 Å². The number of hydrogen-bond donors (Lipinski definition) is 1. The molecule has 0 aromatic heterocycles. The van der Waals surface area contributed by atoms with E-state index >= 15 is 0 Å². The fourth-order valence-corrected chi connectivity index (χ4v) is 3.81. The zero-order valence-electron chi connectivity index (χ0n) is 17.0. The summed E-state index contributed by atoms with van der Waals surface area (Å²) in [5.41, 5.74) is 0.972. The summed E-state index contributed by atoms with van der Waals surface area (Å²) in [6.07, 6.45) is 0.432. The van der Waals surface area contributed by atoms with Gasteiger partial charge >= 0.3 is 12.1 Å². The van der Waals surface area contributed by atoms with Crippen molar-refractivity contribution in [3.63, 3.8) is 0 Å². The van der Waals surface area contributed by atoms with E-state index in [1.165, 1.54) is 12.3 Å². The van der Waals surface area contributed by atoms with Gasteiger partial charge in [0.2, 0.25) is 0 Å². The molecule has 0 aromatic carbocycles. The first-order chi connectivity index (χ1) is 14.0. The molecule has 6 nitrogen and oxygen atoms in total. The van der Waals surface area contributed by atoms with Crippen LogP contribution in [0.15, 0.2) is 46.7 Å². The third kappa shape index (κ3) is 4.24. The number of carboxylic acids is 1. The standard InChI is InChI=1S/C21H24F3NO5/c1-4-13-16(30-10-21(22,23)24)7-17-18(19(13)26)14-6-5-12(20(27)28)8-25(14)15(9-29-17)11(2)3/h6-8,11,13,15H,4-5,9-10H2,1-3H3,(H,27,28)/t13-,15?/m1/s1. The Morgan fingerprint density at radius 2 is 2.10 bits per heavy atom. The topological polar surface area (TPSA) is 76.1 Å². The van der Waals surface area contributed by atoms with Crippen molar-refractivity contribution in [2.45, 2.75) is 45.8 Å². The zero-order chi connectivity index (χ0) is 22.2. The summed E-state index contributed by atoms with van der Waals surface area (Å²) in [6, 6.07) is -0.252. The van der Waals surface area contributed by atoms with Gasteiger partial charge in [-0.1, -0.05) is 26.8 Å². The van der Waals surface area contributed by atoms with Gasteiger partial charge in [-0.2, -0.15) is 13.2 Å². The number of alkyl halides is 3. The number of Topliss-reactive ketones (excluding diaryl/α,β-unsaturated/α-hetero) is 1. The number of carboxylic acid groups (broad SMARTS) is 1. The molecule has 0 bridgehead atoms. The maximum absolute atomic E-state index is 13.3. The van der Waals surface area contributed by atoms with Gasteiger partial charge in [0.05, 0.1) is 28.8 Å². The summed E-state index contributed by atoms with van der Waals surface area (Å²) in [4.78, 5) is 26.5. The summed E-state index contributed by atoms with van der Waals surface area (Å²) in [5.74, 6) is -2.14. The molecule has 3 rings (SSSR count). The Hall–Kier alpha value is -2.71. The van der Waals surface area contributed by atoms with Gasteiger partial charge in [-0.15, -0.1) is 0 Å². The molecular formula is C21H24F3NO5. The van der Waals surface area contributed by atoms with Crippen LogP contribution in [-0.2, 0) is 19.1 Å². The number of aliphatic carboxylic acids is 1. The zero-order valence-corrected chi connectivity index (χ0v) is 17.0. The second kappa shape index (κ2) is 8.20. The average molecular weight is 427 g/mol. The second-order valence-electron chi connectivity index (χ2n) is 7.80. The number of carbonyl (C=O) groups excluding carboxylic acids is 1. The number of allylic oxidation sites excluding steroid dienone is 4. The maximum atomic E-state index is 13.3. The third-order valence-corrected chi connectivity index (χ3v) is 5.39. The molecule has 0 amide bonds. The minimum atomic E-state index is -4.52. The highest BCUT2D eigenvalue weighted by Crippen LogP contribution is 2.40. The van der Waals surface area contributed by atoms with E-state index in [0.717, 1.165) is 0 Å². The summed E-state index contributed by atoms with van der Waals surface area (Å²) in [5, 5.41) is 9.40. The largest absolute Gasteiger partial charge is 0.490 e. The summed E-state index contributed by atoms with van der Waals surface area (Å²) in [6.45, 7) is 4.25. The van der Waals surface area contributed by atoms with Gasteiger partial charge in [-0.3, -0.25) is 4.79 Å². The molecule has 0 spiro atoms. The Morgan fingerprint density at radius 3 is 2.67 bits per heavy atom. The first-order valence-electron chi connectivity index (χ1n) is 9.78. The maximum Gasteiger partial charge on any atom is 0.422 e. The number of halogens is 3. The van der Waals surface area contributed by atoms with Crippen molar-refractivity contribution in [3.05, 3.63) is 46.7 Å². The number of ether oxygens (including phenoxy) is 2. The molecule has 2 aliphatic heterocycles. The van der Waals surface area contributed by atoms with Crippen LogP contribution < -0.4 is 0 Å². The Balaban J connectivity index is 2.05. The molecule has 9 heteroatoms. The molecule has 164 valence electrons. The van der Waals surface area contributed by atoms with E-state index in [1.54, 1.807) is 17.9 Å². The Labute approximate surface area is 172 Å². The van der Waals surface area contributed by atoms with Crippen LogP contribution in [0.3, 0.4) is 0 Å². The fourth-order valence-electron chi connectivity index (χ4n) is 3.81. The van der Waals surface area contributed by atoms with Crippen molar-refractivity contribution < 1.29 is 37.3 Å². The molecule has 0 saturated heterocycles. The predicted octanol–water partition coefficient (Wildman–Crippen LogP) is 3.93. The van der Waals surface area contributed by atoms with Crippen LogP contribution in [0.1, 0.15) is 33.6 Å². The van der Waals surface area contributed by atoms with Gasteiger partial charge in [0.25, 0.3) is 0 Å².